The Balaban J connectivity index is 1.26. The lowest BCUT2D eigenvalue weighted by molar-refractivity contribution is -0.170. The van der Waals surface area contributed by atoms with Crippen molar-refractivity contribution in [2.75, 3.05) is 50.2 Å². The van der Waals surface area contributed by atoms with Crippen molar-refractivity contribution in [1.29, 1.82) is 0 Å². The molecule has 1 amide bonds. The number of piperazine rings is 1. The van der Waals surface area contributed by atoms with Crippen LogP contribution in [0.2, 0.25) is 0 Å². The zero-order valence-electron chi connectivity index (χ0n) is 22.6. The summed E-state index contributed by atoms with van der Waals surface area (Å²) in [6, 6.07) is 12.2. The molecule has 0 radical (unpaired) electrons. The lowest BCUT2D eigenvalue weighted by Gasteiger charge is -2.34. The minimum atomic E-state index is -5.02. The van der Waals surface area contributed by atoms with Crippen LogP contribution in [0.15, 0.2) is 53.4 Å². The maximum absolute atomic E-state index is 13.4. The molecule has 3 heterocycles. The number of hydrogen-bond donors (Lipinski definition) is 0. The lowest BCUT2D eigenvalue weighted by Crippen LogP contribution is -2.49. The number of anilines is 2. The Bertz CT molecular complexity index is 1560. The standard InChI is InChI=1S/C27H28F3N5O5S/c1-17-14-19-15-20(5-7-22(19)35(17)26(36)27(28,29)30)41(37,38)34-12-10-33(11-13-34)25-9-6-21(31-32-25)18-4-8-23(39-2)24(16-18)40-3/h4-9,15-17H,10-14H2,1-3H3. The molecule has 2 aliphatic rings. The number of benzene rings is 2. The number of amides is 1. The minimum Gasteiger partial charge on any atom is -0.493 e. The molecule has 1 saturated heterocycles. The number of ether oxygens (including phenoxy) is 2. The molecule has 2 aromatic carbocycles. The summed E-state index contributed by atoms with van der Waals surface area (Å²) in [6.07, 6.45) is -4.89. The molecule has 3 aromatic rings. The van der Waals surface area contributed by atoms with E-state index < -0.39 is 28.1 Å². The van der Waals surface area contributed by atoms with Gasteiger partial charge in [0.25, 0.3) is 0 Å². The van der Waals surface area contributed by atoms with Gasteiger partial charge in [0.05, 0.1) is 24.8 Å². The predicted molar refractivity (Wildman–Crippen MR) is 145 cm³/mol. The van der Waals surface area contributed by atoms with E-state index in [4.69, 9.17) is 9.47 Å². The number of fused-ring (bicyclic) bond motifs is 1. The highest BCUT2D eigenvalue weighted by Gasteiger charge is 2.47. The van der Waals surface area contributed by atoms with Crippen LogP contribution in [0, 0.1) is 0 Å². The van der Waals surface area contributed by atoms with Crippen LogP contribution in [0.25, 0.3) is 11.3 Å². The SMILES string of the molecule is COc1ccc(-c2ccc(N3CCN(S(=O)(=O)c4ccc5c(c4)CC(C)N5C(=O)C(F)(F)F)CC3)nn2)cc1OC. The Morgan fingerprint density at radius 3 is 2.24 bits per heavy atom. The summed E-state index contributed by atoms with van der Waals surface area (Å²) in [6.45, 7) is 2.63. The van der Waals surface area contributed by atoms with Crippen molar-refractivity contribution >= 4 is 27.4 Å². The molecule has 0 aliphatic carbocycles. The fraction of sp³-hybridized carbons (Fsp3) is 0.370. The molecule has 1 aromatic heterocycles. The number of carbonyl (C=O) groups excluding carboxylic acids is 1. The molecule has 0 N–H and O–H groups in total. The van der Waals surface area contributed by atoms with E-state index in [0.29, 0.717) is 46.6 Å². The summed E-state index contributed by atoms with van der Waals surface area (Å²) in [5.74, 6) is -0.192. The molecule has 14 heteroatoms. The molecule has 218 valence electrons. The van der Waals surface area contributed by atoms with Crippen molar-refractivity contribution in [3.05, 3.63) is 54.1 Å². The number of sulfonamides is 1. The third-order valence-corrected chi connectivity index (χ3v) is 9.15. The van der Waals surface area contributed by atoms with E-state index in [1.54, 1.807) is 26.4 Å². The van der Waals surface area contributed by atoms with Crippen molar-refractivity contribution in [1.82, 2.24) is 14.5 Å². The van der Waals surface area contributed by atoms with E-state index in [9.17, 15) is 26.4 Å². The molecule has 0 bridgehead atoms. The molecule has 0 spiro atoms. The lowest BCUT2D eigenvalue weighted by atomic mass is 10.1. The molecular weight excluding hydrogens is 563 g/mol. The molecule has 5 rings (SSSR count). The number of methoxy groups -OCH3 is 2. The smallest absolute Gasteiger partial charge is 0.471 e. The van der Waals surface area contributed by atoms with Crippen LogP contribution in [0.3, 0.4) is 0 Å². The highest BCUT2D eigenvalue weighted by molar-refractivity contribution is 7.89. The van der Waals surface area contributed by atoms with Gasteiger partial charge in [-0.15, -0.1) is 10.2 Å². The van der Waals surface area contributed by atoms with Crippen LogP contribution in [0.4, 0.5) is 24.7 Å². The Morgan fingerprint density at radius 1 is 0.927 bits per heavy atom. The summed E-state index contributed by atoms with van der Waals surface area (Å²) in [5.41, 5.74) is 1.91. The van der Waals surface area contributed by atoms with Gasteiger partial charge in [0.15, 0.2) is 17.3 Å². The zero-order valence-corrected chi connectivity index (χ0v) is 23.4. The average molecular weight is 592 g/mol. The highest BCUT2D eigenvalue weighted by atomic mass is 32.2. The highest BCUT2D eigenvalue weighted by Crippen LogP contribution is 2.37. The van der Waals surface area contributed by atoms with Crippen LogP contribution >= 0.6 is 0 Å². The number of nitrogens with zero attached hydrogens (tertiary/aromatic N) is 5. The zero-order chi connectivity index (χ0) is 29.5. The third kappa shape index (κ3) is 5.40. The van der Waals surface area contributed by atoms with Gasteiger partial charge in [-0.05, 0) is 67.4 Å². The van der Waals surface area contributed by atoms with Gasteiger partial charge in [0, 0.05) is 43.5 Å². The van der Waals surface area contributed by atoms with Gasteiger partial charge < -0.3 is 19.3 Å². The Kier molecular flexibility index (Phi) is 7.55. The summed E-state index contributed by atoms with van der Waals surface area (Å²) in [7, 11) is -0.797. The summed E-state index contributed by atoms with van der Waals surface area (Å²) < 4.78 is 77.9. The van der Waals surface area contributed by atoms with Gasteiger partial charge in [-0.25, -0.2) is 8.42 Å². The number of rotatable bonds is 6. The fourth-order valence-corrected chi connectivity index (χ4v) is 6.64. The second-order valence-electron chi connectivity index (χ2n) is 9.75. The van der Waals surface area contributed by atoms with E-state index in [1.165, 1.54) is 29.4 Å². The Hall–Kier alpha value is -3.91. The molecule has 10 nitrogen and oxygen atoms in total. The third-order valence-electron chi connectivity index (χ3n) is 7.26. The molecular formula is C27H28F3N5O5S. The van der Waals surface area contributed by atoms with Gasteiger partial charge in [-0.3, -0.25) is 4.79 Å². The van der Waals surface area contributed by atoms with Gasteiger partial charge >= 0.3 is 12.1 Å². The molecule has 41 heavy (non-hydrogen) atoms. The first-order chi connectivity index (χ1) is 19.4. The predicted octanol–water partition coefficient (Wildman–Crippen LogP) is 3.51. The van der Waals surface area contributed by atoms with E-state index in [2.05, 4.69) is 10.2 Å². The monoisotopic (exact) mass is 591 g/mol. The van der Waals surface area contributed by atoms with Gasteiger partial charge in [0.1, 0.15) is 0 Å². The number of alkyl halides is 3. The van der Waals surface area contributed by atoms with Crippen LogP contribution in [-0.4, -0.2) is 81.4 Å². The minimum absolute atomic E-state index is 0.0164. The van der Waals surface area contributed by atoms with E-state index in [1.807, 2.05) is 23.1 Å². The summed E-state index contributed by atoms with van der Waals surface area (Å²) in [5, 5.41) is 8.66. The van der Waals surface area contributed by atoms with Crippen LogP contribution < -0.4 is 19.3 Å². The van der Waals surface area contributed by atoms with E-state index in [-0.39, 0.29) is 30.1 Å². The number of aromatic nitrogens is 2. The second kappa shape index (κ2) is 10.8. The number of halogens is 3. The topological polar surface area (TPSA) is 105 Å². The average Bonchev–Trinajstić information content (AvgIpc) is 3.30. The second-order valence-corrected chi connectivity index (χ2v) is 11.7. The van der Waals surface area contributed by atoms with E-state index >= 15 is 0 Å². The van der Waals surface area contributed by atoms with Gasteiger partial charge in [-0.1, -0.05) is 0 Å². The normalized spacial score (nSPS) is 17.9. The van der Waals surface area contributed by atoms with Crippen molar-refractivity contribution < 1.29 is 35.9 Å². The molecule has 0 saturated carbocycles. The van der Waals surface area contributed by atoms with Gasteiger partial charge in [-0.2, -0.15) is 17.5 Å². The first-order valence-corrected chi connectivity index (χ1v) is 14.2. The van der Waals surface area contributed by atoms with Crippen LogP contribution in [0.1, 0.15) is 12.5 Å². The molecule has 1 unspecified atom stereocenters. The molecule has 1 atom stereocenters. The van der Waals surface area contributed by atoms with E-state index in [0.717, 1.165) is 5.56 Å². The fourth-order valence-electron chi connectivity index (χ4n) is 5.16. The van der Waals surface area contributed by atoms with Crippen molar-refractivity contribution in [2.24, 2.45) is 0 Å². The first-order valence-electron chi connectivity index (χ1n) is 12.8. The first kappa shape index (κ1) is 28.6. The van der Waals surface area contributed by atoms with Gasteiger partial charge in [0.2, 0.25) is 10.0 Å². The largest absolute Gasteiger partial charge is 0.493 e. The molecule has 2 aliphatic heterocycles. The summed E-state index contributed by atoms with van der Waals surface area (Å²) >= 11 is 0. The van der Waals surface area contributed by atoms with Crippen LogP contribution in [0.5, 0.6) is 11.5 Å². The maximum atomic E-state index is 13.4. The quantitative estimate of drug-likeness (QED) is 0.429. The molecule has 1 fully saturated rings. The number of carbonyl (C=O) groups is 1. The number of hydrogen-bond acceptors (Lipinski definition) is 8. The van der Waals surface area contributed by atoms with Crippen molar-refractivity contribution in [3.63, 3.8) is 0 Å². The summed E-state index contributed by atoms with van der Waals surface area (Å²) in [4.78, 5) is 14.5. The van der Waals surface area contributed by atoms with Crippen LogP contribution in [-0.2, 0) is 21.2 Å². The maximum Gasteiger partial charge on any atom is 0.471 e. The van der Waals surface area contributed by atoms with Crippen molar-refractivity contribution in [2.45, 2.75) is 30.5 Å². The Morgan fingerprint density at radius 2 is 1.63 bits per heavy atom. The Labute approximate surface area is 235 Å². The van der Waals surface area contributed by atoms with Crippen molar-refractivity contribution in [3.8, 4) is 22.8 Å².